The van der Waals surface area contributed by atoms with E-state index in [0.29, 0.717) is 18.8 Å². The van der Waals surface area contributed by atoms with Crippen molar-refractivity contribution >= 4 is 23.5 Å². The Morgan fingerprint density at radius 1 is 0.896 bits per heavy atom. The zero-order valence-corrected chi connectivity index (χ0v) is 31.0. The van der Waals surface area contributed by atoms with Crippen molar-refractivity contribution in [2.24, 2.45) is 5.92 Å². The van der Waals surface area contributed by atoms with Crippen LogP contribution in [0.2, 0.25) is 0 Å². The predicted octanol–water partition coefficient (Wildman–Crippen LogP) is 4.99. The molecule has 1 fully saturated rings. The van der Waals surface area contributed by atoms with E-state index in [1.165, 1.54) is 25.7 Å². The summed E-state index contributed by atoms with van der Waals surface area (Å²) in [7, 11) is 0. The van der Waals surface area contributed by atoms with Crippen LogP contribution in [0, 0.1) is 5.92 Å². The SMILES string of the molecule is CC(C)(C)c1ccc(CCC(CC2CCCCCC2)OC(=O)CCC(=O)[O-])cc1NC(=O)CC1c2ccccc2Oc2ccccc21.[Na+]. The first kappa shape index (κ1) is 37.7. The van der Waals surface area contributed by atoms with E-state index in [-0.39, 0.29) is 72.2 Å². The number of benzene rings is 3. The molecule has 0 radical (unpaired) electrons. The van der Waals surface area contributed by atoms with Gasteiger partial charge >= 0.3 is 35.5 Å². The van der Waals surface area contributed by atoms with Crippen molar-refractivity contribution in [3.8, 4) is 11.5 Å². The number of rotatable bonds is 12. The molecule has 3 aromatic carbocycles. The van der Waals surface area contributed by atoms with Gasteiger partial charge in [-0.25, -0.2) is 0 Å². The summed E-state index contributed by atoms with van der Waals surface area (Å²) in [6.45, 7) is 6.41. The number of esters is 1. The Labute approximate surface area is 307 Å². The maximum Gasteiger partial charge on any atom is 1.00 e. The number of carbonyl (C=O) groups is 3. The molecular weight excluding hydrogens is 613 g/mol. The fourth-order valence-corrected chi connectivity index (χ4v) is 7.09. The van der Waals surface area contributed by atoms with Gasteiger partial charge in [0, 0.05) is 35.1 Å². The maximum absolute atomic E-state index is 13.8. The second-order valence-corrected chi connectivity index (χ2v) is 14.2. The molecule has 1 atom stereocenters. The number of aryl methyl sites for hydroxylation is 1. The Bertz CT molecular complexity index is 1510. The molecule has 250 valence electrons. The van der Waals surface area contributed by atoms with Crippen LogP contribution in [0.4, 0.5) is 5.69 Å². The van der Waals surface area contributed by atoms with Gasteiger partial charge in [-0.05, 0) is 66.3 Å². The summed E-state index contributed by atoms with van der Waals surface area (Å²) in [5.74, 6) is 0.113. The molecule has 48 heavy (non-hydrogen) atoms. The van der Waals surface area contributed by atoms with Crippen LogP contribution in [-0.2, 0) is 31.0 Å². The number of hydrogen-bond donors (Lipinski definition) is 1. The Morgan fingerprint density at radius 2 is 1.52 bits per heavy atom. The molecular formula is C40H48NNaO6. The molecule has 1 aliphatic heterocycles. The number of aliphatic carboxylic acids is 1. The summed E-state index contributed by atoms with van der Waals surface area (Å²) >= 11 is 0. The summed E-state index contributed by atoms with van der Waals surface area (Å²) < 4.78 is 12.0. The largest absolute Gasteiger partial charge is 1.00 e. The summed E-state index contributed by atoms with van der Waals surface area (Å²) in [5, 5.41) is 14.2. The smallest absolute Gasteiger partial charge is 0.550 e. The van der Waals surface area contributed by atoms with Crippen molar-refractivity contribution in [1.29, 1.82) is 0 Å². The van der Waals surface area contributed by atoms with Gasteiger partial charge in [0.25, 0.3) is 0 Å². The van der Waals surface area contributed by atoms with Gasteiger partial charge in [-0.15, -0.1) is 0 Å². The van der Waals surface area contributed by atoms with Crippen molar-refractivity contribution in [2.45, 2.75) is 115 Å². The van der Waals surface area contributed by atoms with E-state index in [1.54, 1.807) is 0 Å². The summed E-state index contributed by atoms with van der Waals surface area (Å²) in [5.41, 5.74) is 4.69. The Morgan fingerprint density at radius 3 is 2.12 bits per heavy atom. The molecule has 0 bridgehead atoms. The molecule has 1 unspecified atom stereocenters. The molecule has 1 heterocycles. The first-order valence-corrected chi connectivity index (χ1v) is 17.2. The van der Waals surface area contributed by atoms with Crippen molar-refractivity contribution in [3.63, 3.8) is 0 Å². The van der Waals surface area contributed by atoms with Gasteiger partial charge in [-0.2, -0.15) is 0 Å². The number of amides is 1. The average Bonchev–Trinajstić information content (AvgIpc) is 3.30. The molecule has 1 amide bonds. The van der Waals surface area contributed by atoms with Gasteiger partial charge < -0.3 is 24.7 Å². The maximum atomic E-state index is 13.8. The van der Waals surface area contributed by atoms with E-state index in [1.807, 2.05) is 48.5 Å². The van der Waals surface area contributed by atoms with Gasteiger partial charge in [-0.1, -0.05) is 108 Å². The number of hydrogen-bond acceptors (Lipinski definition) is 6. The quantitative estimate of drug-likeness (QED) is 0.167. The van der Waals surface area contributed by atoms with Crippen LogP contribution in [0.25, 0.3) is 0 Å². The van der Waals surface area contributed by atoms with Crippen molar-refractivity contribution in [1.82, 2.24) is 0 Å². The first-order chi connectivity index (χ1) is 22.6. The minimum absolute atomic E-state index is 0. The third kappa shape index (κ3) is 10.4. The zero-order valence-electron chi connectivity index (χ0n) is 29.0. The molecule has 1 N–H and O–H groups in total. The number of carbonyl (C=O) groups excluding carboxylic acids is 3. The normalized spacial score (nSPS) is 15.5. The summed E-state index contributed by atoms with van der Waals surface area (Å²) in [6, 6.07) is 22.0. The minimum Gasteiger partial charge on any atom is -0.550 e. The second-order valence-electron chi connectivity index (χ2n) is 14.2. The van der Waals surface area contributed by atoms with E-state index in [4.69, 9.17) is 9.47 Å². The van der Waals surface area contributed by atoms with Crippen molar-refractivity contribution in [2.75, 3.05) is 5.32 Å². The average molecular weight is 662 g/mol. The molecule has 1 saturated carbocycles. The Kier molecular flexibility index (Phi) is 13.7. The van der Waals surface area contributed by atoms with Crippen LogP contribution < -0.4 is 44.7 Å². The zero-order chi connectivity index (χ0) is 33.4. The molecule has 8 heteroatoms. The standard InChI is InChI=1S/C40H49NO6.Na/c1-40(2,3)33-21-19-28(18-20-29(46-39(45)23-22-38(43)44)24-27-12-6-4-5-7-13-27)25-34(33)41-37(42)26-32-30-14-8-10-16-35(30)47-36-17-11-9-15-31(32)36;/h8-11,14-17,19,21,25,27,29,32H,4-7,12-13,18,20,22-24,26H2,1-3H3,(H,41,42)(H,43,44);/q;+1/p-1. The van der Waals surface area contributed by atoms with Crippen LogP contribution in [-0.4, -0.2) is 23.9 Å². The number of carboxylic acid groups (broad SMARTS) is 1. The molecule has 3 aromatic rings. The van der Waals surface area contributed by atoms with Crippen LogP contribution in [0.5, 0.6) is 11.5 Å². The van der Waals surface area contributed by atoms with Gasteiger partial charge in [0.05, 0.1) is 6.42 Å². The van der Waals surface area contributed by atoms with E-state index in [0.717, 1.165) is 58.7 Å². The molecule has 5 rings (SSSR count). The number of fused-ring (bicyclic) bond motifs is 2. The van der Waals surface area contributed by atoms with Crippen molar-refractivity contribution < 1.29 is 58.5 Å². The summed E-state index contributed by atoms with van der Waals surface area (Å²) in [4.78, 5) is 37.3. The Balaban J connectivity index is 0.00000520. The fourth-order valence-electron chi connectivity index (χ4n) is 7.09. The van der Waals surface area contributed by atoms with E-state index in [2.05, 4.69) is 44.3 Å². The second kappa shape index (κ2) is 17.5. The van der Waals surface area contributed by atoms with E-state index >= 15 is 0 Å². The van der Waals surface area contributed by atoms with Crippen molar-refractivity contribution in [3.05, 3.63) is 89.0 Å². The molecule has 0 spiro atoms. The number of ether oxygens (including phenoxy) is 2. The van der Waals surface area contributed by atoms with Crippen LogP contribution in [0.3, 0.4) is 0 Å². The number of anilines is 1. The number of nitrogens with one attached hydrogen (secondary N) is 1. The van der Waals surface area contributed by atoms with E-state index < -0.39 is 11.9 Å². The topological polar surface area (TPSA) is 105 Å². The third-order valence-corrected chi connectivity index (χ3v) is 9.52. The van der Waals surface area contributed by atoms with Gasteiger partial charge in [-0.3, -0.25) is 9.59 Å². The van der Waals surface area contributed by atoms with Crippen LogP contribution in [0.15, 0.2) is 66.7 Å². The molecule has 1 aliphatic carbocycles. The minimum atomic E-state index is -1.25. The van der Waals surface area contributed by atoms with Gasteiger partial charge in [0.2, 0.25) is 5.91 Å². The molecule has 0 aromatic heterocycles. The van der Waals surface area contributed by atoms with E-state index in [9.17, 15) is 19.5 Å². The predicted molar refractivity (Wildman–Crippen MR) is 181 cm³/mol. The van der Waals surface area contributed by atoms with Crippen LogP contribution in [0.1, 0.15) is 120 Å². The first-order valence-electron chi connectivity index (χ1n) is 17.2. The number of carboxylic acids is 1. The third-order valence-electron chi connectivity index (χ3n) is 9.52. The summed E-state index contributed by atoms with van der Waals surface area (Å²) in [6.07, 6.45) is 8.69. The van der Waals surface area contributed by atoms with Gasteiger partial charge in [0.15, 0.2) is 0 Å². The Hall–Kier alpha value is -3.13. The number of para-hydroxylation sites is 2. The monoisotopic (exact) mass is 661 g/mol. The molecule has 0 saturated heterocycles. The molecule has 2 aliphatic rings. The van der Waals surface area contributed by atoms with Crippen LogP contribution >= 0.6 is 0 Å². The fraction of sp³-hybridized carbons (Fsp3) is 0.475. The van der Waals surface area contributed by atoms with Gasteiger partial charge in [0.1, 0.15) is 17.6 Å². The molecule has 7 nitrogen and oxygen atoms in total.